The first-order valence-corrected chi connectivity index (χ1v) is 19.8. The van der Waals surface area contributed by atoms with Crippen molar-refractivity contribution in [2.45, 2.75) is 169 Å². The van der Waals surface area contributed by atoms with Gasteiger partial charge in [0.15, 0.2) is 25.2 Å². The molecule has 0 radical (unpaired) electrons. The third-order valence-electron chi connectivity index (χ3n) is 10.9. The molecule has 17 N–H and O–H groups in total. The van der Waals surface area contributed by atoms with Crippen LogP contribution in [0.2, 0.25) is 0 Å². The summed E-state index contributed by atoms with van der Waals surface area (Å²) in [6.07, 6.45) is -31.7. The quantitative estimate of drug-likeness (QED) is 0.0607. The van der Waals surface area contributed by atoms with Gasteiger partial charge in [-0.2, -0.15) is 0 Å². The van der Waals surface area contributed by atoms with Gasteiger partial charge >= 0.3 is 0 Å². The molecule has 4 aliphatic rings. The van der Waals surface area contributed by atoms with Gasteiger partial charge in [0.1, 0.15) is 104 Å². The summed E-state index contributed by atoms with van der Waals surface area (Å²) in [4.78, 5) is 37.5. The number of amides is 3. The van der Waals surface area contributed by atoms with Gasteiger partial charge in [0.2, 0.25) is 17.7 Å². The lowest BCUT2D eigenvalue weighted by molar-refractivity contribution is -0.356. The number of carbonyl (C=O) groups excluding carboxylic acids is 3. The third kappa shape index (κ3) is 12.3. The van der Waals surface area contributed by atoms with Crippen LogP contribution in [-0.2, 0) is 52.3 Å². The van der Waals surface area contributed by atoms with E-state index in [1.807, 2.05) is 0 Å². The summed E-state index contributed by atoms with van der Waals surface area (Å²) in [7, 11) is 0. The first-order valence-electron chi connectivity index (χ1n) is 19.8. The first kappa shape index (κ1) is 52.2. The van der Waals surface area contributed by atoms with E-state index < -0.39 is 192 Å². The molecule has 27 heteroatoms. The third-order valence-corrected chi connectivity index (χ3v) is 10.9. The monoisotopic (exact) mass is 906 g/mol. The number of ether oxygens (including phenoxy) is 8. The number of nitrogens with one attached hydrogen (secondary N) is 3. The minimum atomic E-state index is -1.90. The van der Waals surface area contributed by atoms with Crippen LogP contribution in [0.1, 0.15) is 27.7 Å². The average Bonchev–Trinajstić information content (AvgIpc) is 3.22. The lowest BCUT2D eigenvalue weighted by atomic mass is 9.92. The lowest BCUT2D eigenvalue weighted by Gasteiger charge is -2.51. The summed E-state index contributed by atoms with van der Waals surface area (Å²) in [6, 6.07) is -5.71. The average molecular weight is 907 g/mol. The van der Waals surface area contributed by atoms with Crippen molar-refractivity contribution in [1.82, 2.24) is 16.0 Å². The highest BCUT2D eigenvalue weighted by molar-refractivity contribution is 5.74. The molecular weight excluding hydrogens is 844 g/mol. The molecule has 360 valence electrons. The van der Waals surface area contributed by atoms with Gasteiger partial charge in [-0.05, 0) is 6.92 Å². The van der Waals surface area contributed by atoms with Crippen LogP contribution < -0.4 is 21.7 Å². The molecule has 62 heavy (non-hydrogen) atoms. The van der Waals surface area contributed by atoms with Crippen LogP contribution in [0.25, 0.3) is 0 Å². The van der Waals surface area contributed by atoms with Crippen LogP contribution in [0.3, 0.4) is 0 Å². The molecule has 0 aromatic heterocycles. The highest BCUT2D eigenvalue weighted by atomic mass is 16.8. The van der Waals surface area contributed by atoms with E-state index in [1.165, 1.54) is 6.92 Å². The van der Waals surface area contributed by atoms with Crippen LogP contribution in [-0.4, -0.2) is 253 Å². The van der Waals surface area contributed by atoms with E-state index in [2.05, 4.69) is 16.0 Å². The molecule has 4 aliphatic heterocycles. The Morgan fingerprint density at radius 1 is 0.565 bits per heavy atom. The number of aliphatic hydroxyl groups excluding tert-OH is 12. The van der Waals surface area contributed by atoms with E-state index in [0.717, 1.165) is 20.8 Å². The Bertz CT molecular complexity index is 1440. The van der Waals surface area contributed by atoms with E-state index in [-0.39, 0.29) is 0 Å². The summed E-state index contributed by atoms with van der Waals surface area (Å²) < 4.78 is 47.1. The molecule has 0 aliphatic carbocycles. The van der Waals surface area contributed by atoms with Crippen molar-refractivity contribution in [2.24, 2.45) is 5.73 Å². The summed E-state index contributed by atoms with van der Waals surface area (Å²) in [5, 5.41) is 132. The van der Waals surface area contributed by atoms with E-state index >= 15 is 0 Å². The fourth-order valence-electron chi connectivity index (χ4n) is 7.53. The van der Waals surface area contributed by atoms with E-state index in [1.54, 1.807) is 0 Å². The molecular formula is C35H62N4O23. The number of carbonyl (C=O) groups is 3. The molecule has 0 spiro atoms. The van der Waals surface area contributed by atoms with Crippen LogP contribution in [0.5, 0.6) is 0 Å². The van der Waals surface area contributed by atoms with Crippen LogP contribution in [0.4, 0.5) is 0 Å². The zero-order chi connectivity index (χ0) is 46.3. The Balaban J connectivity index is 1.63. The highest BCUT2D eigenvalue weighted by Crippen LogP contribution is 2.34. The summed E-state index contributed by atoms with van der Waals surface area (Å²) in [5.41, 5.74) is 6.43. The van der Waals surface area contributed by atoms with Crippen LogP contribution in [0.15, 0.2) is 0 Å². The van der Waals surface area contributed by atoms with Gasteiger partial charge in [-0.1, -0.05) is 0 Å². The Morgan fingerprint density at radius 2 is 1.03 bits per heavy atom. The molecule has 4 rings (SSSR count). The molecule has 4 heterocycles. The van der Waals surface area contributed by atoms with E-state index in [4.69, 9.17) is 48.7 Å². The fraction of sp³-hybridized carbons (Fsp3) is 0.914. The topological polar surface area (TPSA) is 430 Å². The first-order chi connectivity index (χ1) is 29.2. The van der Waals surface area contributed by atoms with Crippen molar-refractivity contribution in [3.8, 4) is 0 Å². The van der Waals surface area contributed by atoms with E-state index in [9.17, 15) is 70.6 Å². The zero-order valence-electron chi connectivity index (χ0n) is 34.2. The maximum Gasteiger partial charge on any atom is 0.217 e. The fourth-order valence-corrected chi connectivity index (χ4v) is 7.53. The second-order valence-corrected chi connectivity index (χ2v) is 15.5. The molecule has 4 saturated heterocycles. The second-order valence-electron chi connectivity index (χ2n) is 15.5. The molecule has 0 aromatic carbocycles. The van der Waals surface area contributed by atoms with Gasteiger partial charge < -0.3 is 121 Å². The van der Waals surface area contributed by atoms with Crippen molar-refractivity contribution < 1.29 is 114 Å². The van der Waals surface area contributed by atoms with Gasteiger partial charge in [0, 0.05) is 20.8 Å². The van der Waals surface area contributed by atoms with Crippen molar-refractivity contribution in [3.05, 3.63) is 0 Å². The smallest absolute Gasteiger partial charge is 0.217 e. The van der Waals surface area contributed by atoms with Crippen molar-refractivity contribution in [1.29, 1.82) is 0 Å². The van der Waals surface area contributed by atoms with Gasteiger partial charge in [-0.3, -0.25) is 14.4 Å². The maximum atomic E-state index is 12.6. The minimum absolute atomic E-state index is 0.680. The Hall–Kier alpha value is -2.43. The molecule has 0 aromatic rings. The second kappa shape index (κ2) is 23.2. The highest BCUT2D eigenvalue weighted by Gasteiger charge is 2.56. The molecule has 27 nitrogen and oxygen atoms in total. The maximum absolute atomic E-state index is 12.6. The molecule has 3 amide bonds. The van der Waals surface area contributed by atoms with Crippen molar-refractivity contribution >= 4 is 17.7 Å². The summed E-state index contributed by atoms with van der Waals surface area (Å²) in [5.74, 6) is -2.18. The summed E-state index contributed by atoms with van der Waals surface area (Å²) >= 11 is 0. The SMILES string of the molecule is CC(=O)N[C@H]1[C@@H](O[C@H]2[C@@H](O)[C@@H](CO)O[C@@H](OC[C@@H](O)[C@@H](O)[C@@H](O)CO)[C@@H]2NC(C)=O)O[C@H](CO)[C@H](O[C@H]2O[C@H](C)[C@H](N)[C@H](O[C@@H]3O[C@H](CO)[C@@H](O)[C@H](O)[C@H]3O)[C@H]2NC(C)=O)[C@@H]1O. The predicted molar refractivity (Wildman–Crippen MR) is 198 cm³/mol. The predicted octanol–water partition coefficient (Wildman–Crippen LogP) is -10.2. The molecule has 0 unspecified atom stereocenters. The number of aliphatic hydroxyl groups is 12. The van der Waals surface area contributed by atoms with Crippen molar-refractivity contribution in [2.75, 3.05) is 33.0 Å². The Labute approximate surface area is 354 Å². The Kier molecular flexibility index (Phi) is 19.5. The molecule has 0 saturated carbocycles. The van der Waals surface area contributed by atoms with Crippen LogP contribution >= 0.6 is 0 Å². The Morgan fingerprint density at radius 3 is 1.58 bits per heavy atom. The minimum Gasteiger partial charge on any atom is -0.394 e. The number of hydrogen-bond donors (Lipinski definition) is 16. The van der Waals surface area contributed by atoms with Crippen molar-refractivity contribution in [3.63, 3.8) is 0 Å². The van der Waals surface area contributed by atoms with E-state index in [0.29, 0.717) is 0 Å². The number of rotatable bonds is 18. The van der Waals surface area contributed by atoms with Gasteiger partial charge in [-0.15, -0.1) is 0 Å². The number of hydrogen-bond acceptors (Lipinski definition) is 24. The summed E-state index contributed by atoms with van der Waals surface area (Å²) in [6.45, 7) is 0.464. The number of nitrogens with two attached hydrogens (primary N) is 1. The normalized spacial score (nSPS) is 42.9. The molecule has 4 fully saturated rings. The van der Waals surface area contributed by atoms with Gasteiger partial charge in [-0.25, -0.2) is 0 Å². The largest absolute Gasteiger partial charge is 0.394 e. The molecule has 23 atom stereocenters. The standard InChI is InChI=1S/C35H62N4O23/c1-10-19(36)30(61-35-28(54)27(53)24(50)16(6-41)58-35)21(38-12(3)45)34(56-10)60-29-18(8-43)59-33(20(26(29)52)37-11(2)44)62-31-22(39-13(4)46)32(57-17(7-42)25(31)51)55-9-15(48)23(49)14(47)5-40/h10,14-35,40-43,47-54H,5-9,36H2,1-4H3,(H,37,44)(H,38,45)(H,39,46)/t10-,14+,15-,16-,17-,18-,19+,20-,21-,22-,23+,24-,25+,26-,27+,28-,29+,30+,31-,32-,33-,34-,35+/m1/s1. The van der Waals surface area contributed by atoms with Crippen LogP contribution in [0, 0.1) is 0 Å². The lowest BCUT2D eigenvalue weighted by Crippen LogP contribution is -2.72. The van der Waals surface area contributed by atoms with Gasteiger partial charge in [0.25, 0.3) is 0 Å². The van der Waals surface area contributed by atoms with Gasteiger partial charge in [0.05, 0.1) is 45.2 Å². The zero-order valence-corrected chi connectivity index (χ0v) is 34.2. The molecule has 0 bridgehead atoms.